The van der Waals surface area contributed by atoms with E-state index < -0.39 is 12.1 Å². The molecule has 0 spiro atoms. The first-order valence-electron chi connectivity index (χ1n) is 13.0. The minimum atomic E-state index is -0.912. The summed E-state index contributed by atoms with van der Waals surface area (Å²) < 4.78 is 5.83. The van der Waals surface area contributed by atoms with Crippen LogP contribution in [-0.4, -0.2) is 71.6 Å². The molecule has 2 heterocycles. The summed E-state index contributed by atoms with van der Waals surface area (Å²) in [5, 5.41) is 14.9. The molecule has 2 aromatic carbocycles. The van der Waals surface area contributed by atoms with Crippen LogP contribution in [0.2, 0.25) is 5.02 Å². The van der Waals surface area contributed by atoms with Crippen LogP contribution < -0.4 is 10.1 Å². The standard InChI is InChI=1S/C28H34ClN3O4/c29-23-16-20(8-11-25(23)36-22-9-10-22)26(33)24(18-31-13-4-5-14-31)30-27(34)21-12-15-32(17-21)28(35)19-6-2-1-3-7-19/h1-3,6-8,11,16,21-22,24,26,33H,4-5,9-10,12-15,17-18H2,(H,30,34)/t21-,24?,26?/m1/s1. The van der Waals surface area contributed by atoms with Crippen LogP contribution in [0.25, 0.3) is 0 Å². The van der Waals surface area contributed by atoms with Crippen LogP contribution in [0.5, 0.6) is 5.75 Å². The van der Waals surface area contributed by atoms with Gasteiger partial charge in [-0.3, -0.25) is 9.59 Å². The fourth-order valence-corrected chi connectivity index (χ4v) is 5.32. The van der Waals surface area contributed by atoms with E-state index in [-0.39, 0.29) is 23.8 Å². The zero-order chi connectivity index (χ0) is 25.1. The lowest BCUT2D eigenvalue weighted by atomic mass is 10.00. The van der Waals surface area contributed by atoms with Gasteiger partial charge in [0, 0.05) is 25.2 Å². The van der Waals surface area contributed by atoms with E-state index in [0.29, 0.717) is 48.0 Å². The van der Waals surface area contributed by atoms with Gasteiger partial charge in [0.15, 0.2) is 0 Å². The number of carbonyl (C=O) groups is 2. The molecular formula is C28H34ClN3O4. The molecule has 2 unspecified atom stereocenters. The number of benzene rings is 2. The number of carbonyl (C=O) groups excluding carboxylic acids is 2. The van der Waals surface area contributed by atoms with Crippen molar-refractivity contribution in [3.05, 3.63) is 64.7 Å². The van der Waals surface area contributed by atoms with Gasteiger partial charge in [0.1, 0.15) is 11.9 Å². The Bertz CT molecular complexity index is 1070. The maximum absolute atomic E-state index is 13.3. The van der Waals surface area contributed by atoms with Crippen molar-refractivity contribution >= 4 is 23.4 Å². The molecule has 2 aromatic rings. The molecule has 0 aromatic heterocycles. The van der Waals surface area contributed by atoms with Crippen LogP contribution in [0, 0.1) is 5.92 Å². The van der Waals surface area contributed by atoms with Crippen LogP contribution >= 0.6 is 11.6 Å². The first kappa shape index (κ1) is 25.1. The smallest absolute Gasteiger partial charge is 0.253 e. The Hall–Kier alpha value is -2.61. The van der Waals surface area contributed by atoms with E-state index in [1.165, 1.54) is 0 Å². The van der Waals surface area contributed by atoms with E-state index in [9.17, 15) is 14.7 Å². The molecule has 2 N–H and O–H groups in total. The van der Waals surface area contributed by atoms with Gasteiger partial charge < -0.3 is 25.0 Å². The third kappa shape index (κ3) is 6.02. The Morgan fingerprint density at radius 2 is 1.81 bits per heavy atom. The van der Waals surface area contributed by atoms with Crippen molar-refractivity contribution in [2.75, 3.05) is 32.7 Å². The van der Waals surface area contributed by atoms with Gasteiger partial charge in [-0.05, 0) is 75.0 Å². The lowest BCUT2D eigenvalue weighted by Crippen LogP contribution is -2.49. The molecule has 192 valence electrons. The van der Waals surface area contributed by atoms with E-state index in [4.69, 9.17) is 16.3 Å². The molecular weight excluding hydrogens is 478 g/mol. The Morgan fingerprint density at radius 1 is 1.06 bits per heavy atom. The topological polar surface area (TPSA) is 82.1 Å². The zero-order valence-corrected chi connectivity index (χ0v) is 21.2. The van der Waals surface area contributed by atoms with Crippen LogP contribution in [0.3, 0.4) is 0 Å². The number of hydrogen-bond acceptors (Lipinski definition) is 5. The SMILES string of the molecule is O=C(NC(CN1CCCC1)C(O)c1ccc(OC2CC2)c(Cl)c1)[C@@H]1CCN(C(=O)c2ccccc2)C1. The summed E-state index contributed by atoms with van der Waals surface area (Å²) in [5.74, 6) is 0.150. The van der Waals surface area contributed by atoms with E-state index in [0.717, 1.165) is 38.8 Å². The van der Waals surface area contributed by atoms with Gasteiger partial charge >= 0.3 is 0 Å². The Morgan fingerprint density at radius 3 is 2.50 bits per heavy atom. The van der Waals surface area contributed by atoms with Gasteiger partial charge in [0.25, 0.3) is 5.91 Å². The number of ether oxygens (including phenoxy) is 1. The van der Waals surface area contributed by atoms with Crippen LogP contribution in [-0.2, 0) is 4.79 Å². The number of hydrogen-bond donors (Lipinski definition) is 2. The van der Waals surface area contributed by atoms with E-state index in [2.05, 4.69) is 10.2 Å². The highest BCUT2D eigenvalue weighted by Gasteiger charge is 2.35. The molecule has 5 rings (SSSR count). The highest BCUT2D eigenvalue weighted by atomic mass is 35.5. The minimum absolute atomic E-state index is 0.0531. The Balaban J connectivity index is 1.25. The second-order valence-electron chi connectivity index (χ2n) is 10.2. The van der Waals surface area contributed by atoms with Crippen molar-refractivity contribution < 1.29 is 19.4 Å². The molecule has 1 aliphatic carbocycles. The molecule has 3 aliphatic rings. The molecule has 1 saturated carbocycles. The number of nitrogens with one attached hydrogen (secondary N) is 1. The Kier molecular flexibility index (Phi) is 7.79. The summed E-state index contributed by atoms with van der Waals surface area (Å²) >= 11 is 6.45. The van der Waals surface area contributed by atoms with Gasteiger partial charge in [0.2, 0.25) is 5.91 Å². The molecule has 7 nitrogen and oxygen atoms in total. The predicted molar refractivity (Wildman–Crippen MR) is 138 cm³/mol. The molecule has 2 aliphatic heterocycles. The number of rotatable bonds is 9. The fraction of sp³-hybridized carbons (Fsp3) is 0.500. The predicted octanol–water partition coefficient (Wildman–Crippen LogP) is 3.66. The maximum Gasteiger partial charge on any atom is 0.253 e. The lowest BCUT2D eigenvalue weighted by molar-refractivity contribution is -0.126. The molecule has 0 radical (unpaired) electrons. The van der Waals surface area contributed by atoms with Crippen molar-refractivity contribution in [2.45, 2.75) is 50.4 Å². The first-order chi connectivity index (χ1) is 17.5. The second kappa shape index (κ2) is 11.2. The van der Waals surface area contributed by atoms with E-state index in [1.807, 2.05) is 24.3 Å². The minimum Gasteiger partial charge on any atom is -0.489 e. The van der Waals surface area contributed by atoms with Crippen LogP contribution in [0.15, 0.2) is 48.5 Å². The molecule has 3 fully saturated rings. The third-order valence-electron chi connectivity index (χ3n) is 7.34. The first-order valence-corrected chi connectivity index (χ1v) is 13.4. The summed E-state index contributed by atoms with van der Waals surface area (Å²) in [6.07, 6.45) is 4.26. The molecule has 8 heteroatoms. The summed E-state index contributed by atoms with van der Waals surface area (Å²) in [6, 6.07) is 14.0. The molecule has 3 atom stereocenters. The largest absolute Gasteiger partial charge is 0.489 e. The maximum atomic E-state index is 13.3. The van der Waals surface area contributed by atoms with Gasteiger partial charge in [0.05, 0.1) is 23.1 Å². The summed E-state index contributed by atoms with van der Waals surface area (Å²) in [7, 11) is 0. The molecule has 2 saturated heterocycles. The van der Waals surface area contributed by atoms with Crippen molar-refractivity contribution in [2.24, 2.45) is 5.92 Å². The van der Waals surface area contributed by atoms with Crippen molar-refractivity contribution in [3.8, 4) is 5.75 Å². The number of aliphatic hydroxyl groups is 1. The van der Waals surface area contributed by atoms with Gasteiger partial charge in [-0.15, -0.1) is 0 Å². The van der Waals surface area contributed by atoms with Gasteiger partial charge in [-0.25, -0.2) is 0 Å². The number of aliphatic hydroxyl groups excluding tert-OH is 1. The van der Waals surface area contributed by atoms with Crippen molar-refractivity contribution in [3.63, 3.8) is 0 Å². The zero-order valence-electron chi connectivity index (χ0n) is 20.4. The monoisotopic (exact) mass is 511 g/mol. The number of likely N-dealkylation sites (tertiary alicyclic amines) is 2. The van der Waals surface area contributed by atoms with E-state index in [1.54, 1.807) is 29.2 Å². The van der Waals surface area contributed by atoms with Crippen LogP contribution in [0.4, 0.5) is 0 Å². The van der Waals surface area contributed by atoms with Crippen LogP contribution in [0.1, 0.15) is 54.1 Å². The van der Waals surface area contributed by atoms with E-state index >= 15 is 0 Å². The lowest BCUT2D eigenvalue weighted by Gasteiger charge is -2.30. The number of halogens is 1. The molecule has 2 amide bonds. The number of nitrogens with zero attached hydrogens (tertiary/aromatic N) is 2. The van der Waals surface area contributed by atoms with Gasteiger partial charge in [-0.1, -0.05) is 35.9 Å². The second-order valence-corrected chi connectivity index (χ2v) is 10.6. The molecule has 36 heavy (non-hydrogen) atoms. The highest BCUT2D eigenvalue weighted by molar-refractivity contribution is 6.32. The Labute approximate surface area is 217 Å². The molecule has 0 bridgehead atoms. The number of amides is 2. The van der Waals surface area contributed by atoms with Crippen molar-refractivity contribution in [1.29, 1.82) is 0 Å². The highest BCUT2D eigenvalue weighted by Crippen LogP contribution is 2.34. The summed E-state index contributed by atoms with van der Waals surface area (Å²) in [6.45, 7) is 3.40. The summed E-state index contributed by atoms with van der Waals surface area (Å²) in [5.41, 5.74) is 1.28. The third-order valence-corrected chi connectivity index (χ3v) is 7.64. The quantitative estimate of drug-likeness (QED) is 0.537. The summed E-state index contributed by atoms with van der Waals surface area (Å²) in [4.78, 5) is 30.1. The average molecular weight is 512 g/mol. The van der Waals surface area contributed by atoms with Crippen molar-refractivity contribution in [1.82, 2.24) is 15.1 Å². The van der Waals surface area contributed by atoms with Gasteiger partial charge in [-0.2, -0.15) is 0 Å². The fourth-order valence-electron chi connectivity index (χ4n) is 5.08. The normalized spacial score (nSPS) is 21.8. The average Bonchev–Trinajstić information content (AvgIpc) is 3.33.